The minimum absolute atomic E-state index is 0.354. The van der Waals surface area contributed by atoms with Crippen molar-refractivity contribution in [3.63, 3.8) is 0 Å². The third kappa shape index (κ3) is 2.30. The average molecular weight is 371 g/mol. The van der Waals surface area contributed by atoms with Gasteiger partial charge in [-0.15, -0.1) is 0 Å². The molecule has 0 aliphatic heterocycles. The molecule has 0 fully saturated rings. The molecule has 130 valence electrons. The standard InChI is InChI=1S/C24H15ClO2/c1-27-24(26)18-9-3-2-8-16(18)15-12-20-17-10-4-6-14-7-5-11-19(22(14)17)23(20)21(25)13-15/h2-13H,1H3. The van der Waals surface area contributed by atoms with Crippen LogP contribution in [0.25, 0.3) is 44.2 Å². The van der Waals surface area contributed by atoms with Crippen LogP contribution < -0.4 is 0 Å². The van der Waals surface area contributed by atoms with Crippen molar-refractivity contribution >= 4 is 28.3 Å². The summed E-state index contributed by atoms with van der Waals surface area (Å²) in [6.07, 6.45) is 0. The Morgan fingerprint density at radius 2 is 1.52 bits per heavy atom. The minimum Gasteiger partial charge on any atom is -0.465 e. The van der Waals surface area contributed by atoms with Crippen molar-refractivity contribution in [2.45, 2.75) is 0 Å². The highest BCUT2D eigenvalue weighted by Gasteiger charge is 2.25. The smallest absolute Gasteiger partial charge is 0.338 e. The SMILES string of the molecule is COC(=O)c1ccccc1-c1cc(Cl)c2c(c1)-c1cccc3cccc-2c13. The van der Waals surface area contributed by atoms with Gasteiger partial charge in [0.05, 0.1) is 12.7 Å². The van der Waals surface area contributed by atoms with E-state index in [9.17, 15) is 4.79 Å². The van der Waals surface area contributed by atoms with Crippen LogP contribution in [0.4, 0.5) is 0 Å². The lowest BCUT2D eigenvalue weighted by molar-refractivity contribution is 0.0601. The number of fused-ring (bicyclic) bond motifs is 3. The Morgan fingerprint density at radius 3 is 2.30 bits per heavy atom. The van der Waals surface area contributed by atoms with Gasteiger partial charge in [0.25, 0.3) is 0 Å². The molecule has 0 aromatic heterocycles. The number of ether oxygens (including phenoxy) is 1. The van der Waals surface area contributed by atoms with Crippen molar-refractivity contribution in [3.8, 4) is 33.4 Å². The number of benzene rings is 4. The van der Waals surface area contributed by atoms with Crippen molar-refractivity contribution in [1.29, 1.82) is 0 Å². The van der Waals surface area contributed by atoms with Gasteiger partial charge in [0, 0.05) is 10.6 Å². The molecular formula is C24H15ClO2. The van der Waals surface area contributed by atoms with Crippen LogP contribution in [-0.2, 0) is 4.74 Å². The van der Waals surface area contributed by atoms with E-state index in [2.05, 4.69) is 42.5 Å². The number of rotatable bonds is 2. The Hall–Kier alpha value is -3.10. The molecule has 0 amide bonds. The molecule has 2 nitrogen and oxygen atoms in total. The second-order valence-electron chi connectivity index (χ2n) is 6.63. The fourth-order valence-corrected chi connectivity index (χ4v) is 4.37. The molecule has 0 heterocycles. The molecule has 1 aliphatic carbocycles. The molecular weight excluding hydrogens is 356 g/mol. The number of hydrogen-bond donors (Lipinski definition) is 0. The zero-order valence-corrected chi connectivity index (χ0v) is 15.4. The van der Waals surface area contributed by atoms with E-state index in [1.165, 1.54) is 23.4 Å². The van der Waals surface area contributed by atoms with Crippen LogP contribution in [0.5, 0.6) is 0 Å². The number of halogens is 1. The first-order valence-electron chi connectivity index (χ1n) is 8.73. The first-order valence-corrected chi connectivity index (χ1v) is 9.10. The van der Waals surface area contributed by atoms with Gasteiger partial charge in [-0.1, -0.05) is 66.2 Å². The Labute approximate surface area is 162 Å². The molecule has 5 rings (SSSR count). The number of hydrogen-bond acceptors (Lipinski definition) is 2. The van der Waals surface area contributed by atoms with Crippen molar-refractivity contribution in [3.05, 3.63) is 83.4 Å². The third-order valence-corrected chi connectivity index (χ3v) is 5.50. The number of methoxy groups -OCH3 is 1. The van der Waals surface area contributed by atoms with Crippen molar-refractivity contribution < 1.29 is 9.53 Å². The fraction of sp³-hybridized carbons (Fsp3) is 0.0417. The van der Waals surface area contributed by atoms with Crippen molar-refractivity contribution in [2.24, 2.45) is 0 Å². The number of carbonyl (C=O) groups excluding carboxylic acids is 1. The predicted octanol–water partition coefficient (Wildman–Crippen LogP) is 6.59. The maximum Gasteiger partial charge on any atom is 0.338 e. The molecule has 0 unspecified atom stereocenters. The fourth-order valence-electron chi connectivity index (χ4n) is 4.04. The summed E-state index contributed by atoms with van der Waals surface area (Å²) in [7, 11) is 1.39. The summed E-state index contributed by atoms with van der Waals surface area (Å²) >= 11 is 6.75. The maximum absolute atomic E-state index is 12.2. The van der Waals surface area contributed by atoms with Crippen LogP contribution in [0.2, 0.25) is 5.02 Å². The molecule has 3 heteroatoms. The van der Waals surface area contributed by atoms with Crippen molar-refractivity contribution in [1.82, 2.24) is 0 Å². The van der Waals surface area contributed by atoms with Crippen LogP contribution in [0, 0.1) is 0 Å². The third-order valence-electron chi connectivity index (χ3n) is 5.20. The molecule has 0 saturated carbocycles. The van der Waals surface area contributed by atoms with E-state index in [1.807, 2.05) is 24.3 Å². The summed E-state index contributed by atoms with van der Waals surface area (Å²) in [5.74, 6) is -0.354. The molecule has 0 radical (unpaired) electrons. The van der Waals surface area contributed by atoms with Gasteiger partial charge >= 0.3 is 5.97 Å². The topological polar surface area (TPSA) is 26.3 Å². The summed E-state index contributed by atoms with van der Waals surface area (Å²) < 4.78 is 4.95. The lowest BCUT2D eigenvalue weighted by Gasteiger charge is -2.12. The first-order chi connectivity index (χ1) is 13.2. The van der Waals surface area contributed by atoms with Crippen LogP contribution in [-0.4, -0.2) is 13.1 Å². The molecule has 0 atom stereocenters. The van der Waals surface area contributed by atoms with E-state index >= 15 is 0 Å². The van der Waals surface area contributed by atoms with Crippen LogP contribution in [0.3, 0.4) is 0 Å². The molecule has 0 spiro atoms. The monoisotopic (exact) mass is 370 g/mol. The van der Waals surface area contributed by atoms with Crippen LogP contribution >= 0.6 is 11.6 Å². The number of esters is 1. The highest BCUT2D eigenvalue weighted by atomic mass is 35.5. The normalized spacial score (nSPS) is 11.5. The largest absolute Gasteiger partial charge is 0.465 e. The first kappa shape index (κ1) is 16.1. The molecule has 0 saturated heterocycles. The summed E-state index contributed by atoms with van der Waals surface area (Å²) in [4.78, 5) is 12.2. The summed E-state index contributed by atoms with van der Waals surface area (Å²) in [5.41, 5.74) is 6.76. The summed E-state index contributed by atoms with van der Waals surface area (Å²) in [5, 5.41) is 3.12. The van der Waals surface area contributed by atoms with E-state index in [0.29, 0.717) is 10.6 Å². The lowest BCUT2D eigenvalue weighted by Crippen LogP contribution is -2.03. The second-order valence-corrected chi connectivity index (χ2v) is 7.03. The quantitative estimate of drug-likeness (QED) is 0.327. The molecule has 4 aromatic carbocycles. The van der Waals surface area contributed by atoms with Crippen LogP contribution in [0.1, 0.15) is 10.4 Å². The molecule has 4 aromatic rings. The van der Waals surface area contributed by atoms with Crippen LogP contribution in [0.15, 0.2) is 72.8 Å². The predicted molar refractivity (Wildman–Crippen MR) is 110 cm³/mol. The van der Waals surface area contributed by atoms with Gasteiger partial charge in [0.15, 0.2) is 0 Å². The van der Waals surface area contributed by atoms with E-state index in [4.69, 9.17) is 16.3 Å². The zero-order chi connectivity index (χ0) is 18.5. The maximum atomic E-state index is 12.2. The Bertz CT molecular complexity index is 1240. The second kappa shape index (κ2) is 5.97. The summed E-state index contributed by atoms with van der Waals surface area (Å²) in [6.45, 7) is 0. The van der Waals surface area contributed by atoms with E-state index in [-0.39, 0.29) is 5.97 Å². The highest BCUT2D eigenvalue weighted by molar-refractivity contribution is 6.36. The lowest BCUT2D eigenvalue weighted by atomic mass is 9.94. The van der Waals surface area contributed by atoms with Gasteiger partial charge in [-0.2, -0.15) is 0 Å². The van der Waals surface area contributed by atoms with Gasteiger partial charge in [-0.05, 0) is 56.8 Å². The van der Waals surface area contributed by atoms with Gasteiger partial charge in [0.2, 0.25) is 0 Å². The minimum atomic E-state index is -0.354. The molecule has 1 aliphatic rings. The molecule has 0 bridgehead atoms. The zero-order valence-electron chi connectivity index (χ0n) is 14.6. The van der Waals surface area contributed by atoms with Gasteiger partial charge in [0.1, 0.15) is 0 Å². The van der Waals surface area contributed by atoms with Gasteiger partial charge in [-0.25, -0.2) is 4.79 Å². The Morgan fingerprint density at radius 1 is 0.815 bits per heavy atom. The number of carbonyl (C=O) groups is 1. The van der Waals surface area contributed by atoms with E-state index in [0.717, 1.165) is 27.8 Å². The Kier molecular flexibility index (Phi) is 3.56. The highest BCUT2D eigenvalue weighted by Crippen LogP contribution is 2.51. The summed E-state index contributed by atoms with van der Waals surface area (Å²) in [6, 6.07) is 24.1. The Balaban J connectivity index is 1.80. The molecule has 0 N–H and O–H groups in total. The van der Waals surface area contributed by atoms with Gasteiger partial charge in [-0.3, -0.25) is 0 Å². The van der Waals surface area contributed by atoms with E-state index < -0.39 is 0 Å². The average Bonchev–Trinajstić information content (AvgIpc) is 3.04. The molecule has 27 heavy (non-hydrogen) atoms. The van der Waals surface area contributed by atoms with E-state index in [1.54, 1.807) is 6.07 Å². The van der Waals surface area contributed by atoms with Gasteiger partial charge < -0.3 is 4.74 Å². The van der Waals surface area contributed by atoms with Crippen molar-refractivity contribution in [2.75, 3.05) is 7.11 Å².